The summed E-state index contributed by atoms with van der Waals surface area (Å²) >= 11 is 0. The molecule has 0 fully saturated rings. The maximum absolute atomic E-state index is 13.3. The number of amides is 1. The van der Waals surface area contributed by atoms with Gasteiger partial charge >= 0.3 is 0 Å². The van der Waals surface area contributed by atoms with Crippen LogP contribution in [0, 0.1) is 0 Å². The van der Waals surface area contributed by atoms with Gasteiger partial charge in [-0.3, -0.25) is 4.79 Å². The number of ether oxygens (including phenoxy) is 1. The van der Waals surface area contributed by atoms with E-state index in [1.54, 1.807) is 32.3 Å². The minimum atomic E-state index is -1.31. The van der Waals surface area contributed by atoms with E-state index < -0.39 is 18.5 Å². The summed E-state index contributed by atoms with van der Waals surface area (Å²) in [7, 11) is 3.38. The predicted molar refractivity (Wildman–Crippen MR) is 129 cm³/mol. The monoisotopic (exact) mass is 469 g/mol. The van der Waals surface area contributed by atoms with Crippen molar-refractivity contribution in [2.45, 2.75) is 12.3 Å². The Bertz CT molecular complexity index is 1240. The molecule has 1 aromatic heterocycles. The van der Waals surface area contributed by atoms with E-state index in [1.165, 1.54) is 4.90 Å². The molecule has 1 heterocycles. The Morgan fingerprint density at radius 2 is 1.60 bits per heavy atom. The molecule has 1 atom stereocenters. The van der Waals surface area contributed by atoms with Gasteiger partial charge in [-0.05, 0) is 24.1 Å². The van der Waals surface area contributed by atoms with E-state index in [2.05, 4.69) is 0 Å². The molecule has 178 valence electrons. The third-order valence-electron chi connectivity index (χ3n) is 5.46. The second-order valence-electron chi connectivity index (χ2n) is 8.26. The molecule has 1 unspecified atom stereocenters. The van der Waals surface area contributed by atoms with Crippen LogP contribution in [0.5, 0.6) is 5.75 Å². The molecule has 0 N–H and O–H groups in total. The van der Waals surface area contributed by atoms with Gasteiger partial charge in [0.2, 0.25) is 11.8 Å². The zero-order chi connectivity index (χ0) is 24.8. The molecule has 0 aliphatic carbocycles. The third-order valence-corrected chi connectivity index (χ3v) is 5.46. The van der Waals surface area contributed by atoms with E-state index in [-0.39, 0.29) is 5.91 Å². The quantitative estimate of drug-likeness (QED) is 0.372. The van der Waals surface area contributed by atoms with Crippen molar-refractivity contribution >= 4 is 11.9 Å². The summed E-state index contributed by atoms with van der Waals surface area (Å²) in [5.74, 6) is -0.882. The molecule has 0 bridgehead atoms. The van der Waals surface area contributed by atoms with Gasteiger partial charge in [-0.15, -0.1) is 0 Å². The molecule has 7 heteroatoms. The fourth-order valence-corrected chi connectivity index (χ4v) is 3.79. The van der Waals surface area contributed by atoms with Crippen LogP contribution in [0.4, 0.5) is 0 Å². The molecule has 0 radical (unpaired) electrons. The molecule has 7 nitrogen and oxygen atoms in total. The average molecular weight is 470 g/mol. The van der Waals surface area contributed by atoms with Gasteiger partial charge in [-0.25, -0.2) is 4.98 Å². The number of hydrogen-bond acceptors (Lipinski definition) is 6. The lowest BCUT2D eigenvalue weighted by Crippen LogP contribution is -2.30. The first-order valence-corrected chi connectivity index (χ1v) is 11.2. The lowest BCUT2D eigenvalue weighted by molar-refractivity contribution is -0.307. The minimum Gasteiger partial charge on any atom is -0.546 e. The van der Waals surface area contributed by atoms with Crippen molar-refractivity contribution in [2.24, 2.45) is 0 Å². The van der Waals surface area contributed by atoms with Gasteiger partial charge in [-0.1, -0.05) is 72.8 Å². The molecule has 0 saturated carbocycles. The average Bonchev–Trinajstić information content (AvgIpc) is 3.32. The number of aliphatic carboxylic acids is 1. The van der Waals surface area contributed by atoms with E-state index in [9.17, 15) is 14.7 Å². The van der Waals surface area contributed by atoms with Crippen molar-refractivity contribution in [3.8, 4) is 28.3 Å². The maximum atomic E-state index is 13.3. The van der Waals surface area contributed by atoms with Crippen LogP contribution in [0.2, 0.25) is 0 Å². The Hall–Kier alpha value is -4.39. The predicted octanol–water partition coefficient (Wildman–Crippen LogP) is 3.55. The first-order chi connectivity index (χ1) is 16.9. The number of carboxylic acids is 1. The molecular weight excluding hydrogens is 444 g/mol. The number of nitrogens with zero attached hydrogens (tertiary/aromatic N) is 2. The molecule has 1 amide bonds. The number of carbonyl (C=O) groups is 2. The summed E-state index contributed by atoms with van der Waals surface area (Å²) in [4.78, 5) is 30.3. The summed E-state index contributed by atoms with van der Waals surface area (Å²) in [6.45, 7) is -0.551. The lowest BCUT2D eigenvalue weighted by Gasteiger charge is -2.18. The molecule has 4 aromatic rings. The van der Waals surface area contributed by atoms with E-state index in [0.717, 1.165) is 16.7 Å². The normalized spacial score (nSPS) is 11.6. The van der Waals surface area contributed by atoms with E-state index in [1.807, 2.05) is 66.7 Å². The molecule has 4 rings (SSSR count). The highest BCUT2D eigenvalue weighted by Crippen LogP contribution is 2.36. The van der Waals surface area contributed by atoms with Crippen LogP contribution in [0.1, 0.15) is 17.4 Å². The standard InChI is InChI=1S/C28H26N2O5/c1-30(2)28(33)23(17-19-10-9-15-22(16-19)34-18-24(31)32)27-29-25(20-11-5-3-6-12-20)26(35-27)21-13-7-4-8-14-21/h3-16,23H,17-18H2,1-2H3,(H,31,32)/p-1. The lowest BCUT2D eigenvalue weighted by atomic mass is 9.97. The molecule has 3 aromatic carbocycles. The molecule has 0 aliphatic rings. The van der Waals surface area contributed by atoms with Gasteiger partial charge in [-0.2, -0.15) is 0 Å². The zero-order valence-electron chi connectivity index (χ0n) is 19.5. The van der Waals surface area contributed by atoms with Crippen molar-refractivity contribution in [2.75, 3.05) is 20.7 Å². The van der Waals surface area contributed by atoms with Crippen molar-refractivity contribution < 1.29 is 23.8 Å². The largest absolute Gasteiger partial charge is 0.546 e. The summed E-state index contributed by atoms with van der Waals surface area (Å²) < 4.78 is 11.5. The maximum Gasteiger partial charge on any atom is 0.234 e. The molecular formula is C28H25N2O5-. The Kier molecular flexibility index (Phi) is 7.26. The van der Waals surface area contributed by atoms with Gasteiger partial charge in [0.05, 0.1) is 5.97 Å². The number of benzene rings is 3. The smallest absolute Gasteiger partial charge is 0.234 e. The topological polar surface area (TPSA) is 95.7 Å². The van der Waals surface area contributed by atoms with Crippen LogP contribution < -0.4 is 9.84 Å². The molecule has 35 heavy (non-hydrogen) atoms. The summed E-state index contributed by atoms with van der Waals surface area (Å²) in [6.07, 6.45) is 0.294. The van der Waals surface area contributed by atoms with Crippen molar-refractivity contribution in [1.29, 1.82) is 0 Å². The number of oxazole rings is 1. The van der Waals surface area contributed by atoms with Crippen LogP contribution >= 0.6 is 0 Å². The summed E-state index contributed by atoms with van der Waals surface area (Å²) in [5, 5.41) is 10.7. The van der Waals surface area contributed by atoms with Crippen LogP contribution in [0.25, 0.3) is 22.6 Å². The second kappa shape index (κ2) is 10.7. The van der Waals surface area contributed by atoms with Gasteiger partial charge in [0.1, 0.15) is 24.0 Å². The highest BCUT2D eigenvalue weighted by Gasteiger charge is 2.30. The Labute approximate surface area is 203 Å². The number of aromatic nitrogens is 1. The SMILES string of the molecule is CN(C)C(=O)C(Cc1cccc(OCC(=O)[O-])c1)c1nc(-c2ccccc2)c(-c2ccccc2)o1. The first kappa shape index (κ1) is 23.8. The number of carboxylic acid groups (broad SMARTS) is 1. The van der Waals surface area contributed by atoms with Crippen LogP contribution in [-0.4, -0.2) is 42.5 Å². The van der Waals surface area contributed by atoms with Gasteiger partial charge < -0.3 is 24.0 Å². The van der Waals surface area contributed by atoms with E-state index in [0.29, 0.717) is 29.5 Å². The highest BCUT2D eigenvalue weighted by atomic mass is 16.5. The van der Waals surface area contributed by atoms with Gasteiger partial charge in [0, 0.05) is 25.2 Å². The third kappa shape index (κ3) is 5.76. The highest BCUT2D eigenvalue weighted by molar-refractivity contribution is 5.84. The van der Waals surface area contributed by atoms with E-state index in [4.69, 9.17) is 14.1 Å². The van der Waals surface area contributed by atoms with Crippen molar-refractivity contribution in [3.63, 3.8) is 0 Å². The number of hydrogen-bond donors (Lipinski definition) is 0. The summed E-state index contributed by atoms with van der Waals surface area (Å²) in [5.41, 5.74) is 3.19. The molecule has 0 saturated heterocycles. The fraction of sp³-hybridized carbons (Fsp3) is 0.179. The van der Waals surface area contributed by atoms with Crippen LogP contribution in [0.3, 0.4) is 0 Å². The summed E-state index contributed by atoms with van der Waals surface area (Å²) in [6, 6.07) is 26.3. The second-order valence-corrected chi connectivity index (χ2v) is 8.26. The number of likely N-dealkylation sites (N-methyl/N-ethyl adjacent to an activating group) is 1. The number of carbonyl (C=O) groups excluding carboxylic acids is 2. The van der Waals surface area contributed by atoms with Crippen LogP contribution in [-0.2, 0) is 16.0 Å². The van der Waals surface area contributed by atoms with Gasteiger partial charge in [0.15, 0.2) is 5.76 Å². The van der Waals surface area contributed by atoms with Gasteiger partial charge in [0.25, 0.3) is 0 Å². The minimum absolute atomic E-state index is 0.161. The molecule has 0 aliphatic heterocycles. The zero-order valence-corrected chi connectivity index (χ0v) is 19.5. The Morgan fingerprint density at radius 1 is 0.943 bits per heavy atom. The van der Waals surface area contributed by atoms with Crippen molar-refractivity contribution in [1.82, 2.24) is 9.88 Å². The van der Waals surface area contributed by atoms with E-state index >= 15 is 0 Å². The first-order valence-electron chi connectivity index (χ1n) is 11.2. The van der Waals surface area contributed by atoms with Crippen molar-refractivity contribution in [3.05, 3.63) is 96.4 Å². The Balaban J connectivity index is 1.75. The Morgan fingerprint density at radius 3 is 2.23 bits per heavy atom. The fourth-order valence-electron chi connectivity index (χ4n) is 3.79. The van der Waals surface area contributed by atoms with Crippen LogP contribution in [0.15, 0.2) is 89.3 Å². The molecule has 0 spiro atoms. The number of rotatable bonds is 9.